The van der Waals surface area contributed by atoms with Crippen molar-refractivity contribution in [2.75, 3.05) is 0 Å². The van der Waals surface area contributed by atoms with Crippen LogP contribution in [0.15, 0.2) is 23.3 Å². The maximum absolute atomic E-state index is 10.6. The summed E-state index contributed by atoms with van der Waals surface area (Å²) < 4.78 is 0. The molecular formula is C10H13O. The molecule has 0 bridgehead atoms. The standard InChI is InChI=1S/C10H13O/c1-8-4-9(2)6-10(3,5-8)7-11/h4-5H,6H2,1-3H3. The molecule has 0 aromatic rings. The molecule has 59 valence electrons. The minimum absolute atomic E-state index is 0.372. The highest BCUT2D eigenvalue weighted by Gasteiger charge is 2.24. The maximum atomic E-state index is 10.6. The molecule has 0 saturated heterocycles. The summed E-state index contributed by atoms with van der Waals surface area (Å²) >= 11 is 0. The molecule has 1 nitrogen and oxygen atoms in total. The molecule has 0 aromatic carbocycles. The van der Waals surface area contributed by atoms with Crippen molar-refractivity contribution in [2.24, 2.45) is 5.41 Å². The van der Waals surface area contributed by atoms with Crippen molar-refractivity contribution in [3.63, 3.8) is 0 Å². The Kier molecular flexibility index (Phi) is 1.99. The molecule has 1 atom stereocenters. The van der Waals surface area contributed by atoms with E-state index in [1.54, 1.807) is 0 Å². The molecule has 0 spiro atoms. The van der Waals surface area contributed by atoms with E-state index in [2.05, 4.69) is 12.4 Å². The summed E-state index contributed by atoms with van der Waals surface area (Å²) in [6.45, 7) is 5.98. The van der Waals surface area contributed by atoms with E-state index in [9.17, 15) is 4.79 Å². The maximum Gasteiger partial charge on any atom is 0.209 e. The number of hydrogen-bond acceptors (Lipinski definition) is 1. The van der Waals surface area contributed by atoms with E-state index in [4.69, 9.17) is 0 Å². The van der Waals surface area contributed by atoms with Gasteiger partial charge in [-0.3, -0.25) is 4.79 Å². The van der Waals surface area contributed by atoms with Crippen LogP contribution in [0.5, 0.6) is 0 Å². The quantitative estimate of drug-likeness (QED) is 0.559. The first-order valence-electron chi connectivity index (χ1n) is 3.82. The first-order valence-corrected chi connectivity index (χ1v) is 3.82. The number of carbonyl (C=O) groups excluding carboxylic acids is 1. The molecule has 1 aliphatic carbocycles. The van der Waals surface area contributed by atoms with Gasteiger partial charge in [-0.25, -0.2) is 0 Å². The molecule has 0 amide bonds. The van der Waals surface area contributed by atoms with Crippen molar-refractivity contribution in [1.82, 2.24) is 0 Å². The van der Waals surface area contributed by atoms with Crippen molar-refractivity contribution in [1.29, 1.82) is 0 Å². The van der Waals surface area contributed by atoms with Gasteiger partial charge < -0.3 is 0 Å². The summed E-state index contributed by atoms with van der Waals surface area (Å²) in [5.74, 6) is 0. The van der Waals surface area contributed by atoms with Crippen molar-refractivity contribution >= 4 is 6.29 Å². The van der Waals surface area contributed by atoms with Crippen LogP contribution in [0.1, 0.15) is 27.2 Å². The lowest BCUT2D eigenvalue weighted by molar-refractivity contribution is 0.478. The zero-order valence-electron chi connectivity index (χ0n) is 7.27. The van der Waals surface area contributed by atoms with Crippen molar-refractivity contribution in [2.45, 2.75) is 27.2 Å². The molecule has 0 saturated carbocycles. The summed E-state index contributed by atoms with van der Waals surface area (Å²) in [6.07, 6.45) is 6.98. The lowest BCUT2D eigenvalue weighted by Crippen LogP contribution is -2.18. The zero-order valence-corrected chi connectivity index (χ0v) is 7.27. The zero-order chi connectivity index (χ0) is 8.48. The van der Waals surface area contributed by atoms with Crippen LogP contribution in [0.3, 0.4) is 0 Å². The molecule has 11 heavy (non-hydrogen) atoms. The first kappa shape index (κ1) is 8.25. The number of allylic oxidation sites excluding steroid dienone is 4. The van der Waals surface area contributed by atoms with Gasteiger partial charge >= 0.3 is 0 Å². The second-order valence-electron chi connectivity index (χ2n) is 3.58. The lowest BCUT2D eigenvalue weighted by atomic mass is 9.80. The predicted molar refractivity (Wildman–Crippen MR) is 45.9 cm³/mol. The summed E-state index contributed by atoms with van der Waals surface area (Å²) in [4.78, 5) is 10.6. The predicted octanol–water partition coefficient (Wildman–Crippen LogP) is 2.40. The van der Waals surface area contributed by atoms with E-state index < -0.39 is 0 Å². The topological polar surface area (TPSA) is 17.1 Å². The van der Waals surface area contributed by atoms with Gasteiger partial charge in [0.25, 0.3) is 0 Å². The van der Waals surface area contributed by atoms with Crippen LogP contribution in [0.2, 0.25) is 0 Å². The van der Waals surface area contributed by atoms with Gasteiger partial charge in [-0.1, -0.05) is 23.3 Å². The average Bonchev–Trinajstić information content (AvgIpc) is 1.84. The largest absolute Gasteiger partial charge is 0.290 e. The van der Waals surface area contributed by atoms with E-state index in [-0.39, 0.29) is 5.41 Å². The van der Waals surface area contributed by atoms with Gasteiger partial charge in [0.1, 0.15) is 0 Å². The fourth-order valence-corrected chi connectivity index (χ4v) is 1.68. The van der Waals surface area contributed by atoms with Crippen LogP contribution in [0.4, 0.5) is 0 Å². The summed E-state index contributed by atoms with van der Waals surface area (Å²) in [5.41, 5.74) is 2.05. The van der Waals surface area contributed by atoms with E-state index in [1.807, 2.05) is 26.8 Å². The minimum atomic E-state index is -0.372. The molecule has 0 N–H and O–H groups in total. The van der Waals surface area contributed by atoms with Gasteiger partial charge in [-0.05, 0) is 27.2 Å². The minimum Gasteiger partial charge on any atom is -0.290 e. The third-order valence-electron chi connectivity index (χ3n) is 1.90. The van der Waals surface area contributed by atoms with Crippen molar-refractivity contribution in [3.05, 3.63) is 23.3 Å². The Morgan fingerprint density at radius 3 is 2.64 bits per heavy atom. The monoisotopic (exact) mass is 149 g/mol. The molecule has 0 aromatic heterocycles. The number of rotatable bonds is 1. The summed E-state index contributed by atoms with van der Waals surface area (Å²) in [6, 6.07) is 0. The van der Waals surface area contributed by atoms with Gasteiger partial charge in [0.2, 0.25) is 6.29 Å². The lowest BCUT2D eigenvalue weighted by Gasteiger charge is -2.22. The molecule has 0 fully saturated rings. The van der Waals surface area contributed by atoms with Crippen LogP contribution in [0, 0.1) is 5.41 Å². The van der Waals surface area contributed by atoms with Crippen LogP contribution in [-0.2, 0) is 4.79 Å². The second-order valence-corrected chi connectivity index (χ2v) is 3.58. The second kappa shape index (κ2) is 2.65. The van der Waals surface area contributed by atoms with Gasteiger partial charge in [0.15, 0.2) is 0 Å². The van der Waals surface area contributed by atoms with Crippen LogP contribution in [-0.4, -0.2) is 6.29 Å². The third kappa shape index (κ3) is 1.79. The molecular weight excluding hydrogens is 136 g/mol. The Morgan fingerprint density at radius 1 is 1.55 bits per heavy atom. The Balaban J connectivity index is 2.95. The fraction of sp³-hybridized carbons (Fsp3) is 0.500. The molecule has 1 rings (SSSR count). The van der Waals surface area contributed by atoms with E-state index in [0.29, 0.717) is 0 Å². The van der Waals surface area contributed by atoms with Crippen molar-refractivity contribution < 1.29 is 4.79 Å². The number of hydrogen-bond donors (Lipinski definition) is 0. The van der Waals surface area contributed by atoms with Crippen molar-refractivity contribution in [3.8, 4) is 0 Å². The van der Waals surface area contributed by atoms with Crippen LogP contribution in [0.25, 0.3) is 0 Å². The highest BCUT2D eigenvalue weighted by Crippen LogP contribution is 2.31. The normalized spacial score (nSPS) is 30.8. The van der Waals surface area contributed by atoms with Crippen LogP contribution < -0.4 is 0 Å². The average molecular weight is 149 g/mol. The Morgan fingerprint density at radius 2 is 2.18 bits per heavy atom. The third-order valence-corrected chi connectivity index (χ3v) is 1.90. The molecule has 1 aliphatic rings. The smallest absolute Gasteiger partial charge is 0.209 e. The Labute approximate surface area is 67.8 Å². The molecule has 0 heterocycles. The highest BCUT2D eigenvalue weighted by atomic mass is 16.1. The molecule has 1 heteroatoms. The highest BCUT2D eigenvalue weighted by molar-refractivity contribution is 5.65. The molecule has 0 aliphatic heterocycles. The summed E-state index contributed by atoms with van der Waals surface area (Å²) in [7, 11) is 0. The molecule has 1 unspecified atom stereocenters. The van der Waals surface area contributed by atoms with E-state index >= 15 is 0 Å². The SMILES string of the molecule is CC1=CC(C)([C]=O)CC(C)=C1. The van der Waals surface area contributed by atoms with Gasteiger partial charge in [0.05, 0.1) is 5.41 Å². The Bertz CT molecular complexity index is 235. The summed E-state index contributed by atoms with van der Waals surface area (Å²) in [5, 5.41) is 0. The van der Waals surface area contributed by atoms with Gasteiger partial charge in [0, 0.05) is 0 Å². The van der Waals surface area contributed by atoms with E-state index in [1.165, 1.54) is 11.1 Å². The Hall–Kier alpha value is -0.850. The first-order chi connectivity index (χ1) is 5.06. The molecule has 1 radical (unpaired) electrons. The van der Waals surface area contributed by atoms with Crippen LogP contribution >= 0.6 is 0 Å². The van der Waals surface area contributed by atoms with E-state index in [0.717, 1.165) is 6.42 Å². The van der Waals surface area contributed by atoms with Gasteiger partial charge in [-0.2, -0.15) is 0 Å². The fourth-order valence-electron chi connectivity index (χ4n) is 1.68. The van der Waals surface area contributed by atoms with Gasteiger partial charge in [-0.15, -0.1) is 0 Å².